The number of aliphatic hydroxyl groups is 1. The average Bonchev–Trinajstić information content (AvgIpc) is 3.77. The van der Waals surface area contributed by atoms with Crippen LogP contribution in [0.25, 0.3) is 11.3 Å². The summed E-state index contributed by atoms with van der Waals surface area (Å²) in [6.07, 6.45) is 2.35. The highest BCUT2D eigenvalue weighted by molar-refractivity contribution is 6.32. The number of cyclic esters (lactones) is 1. The van der Waals surface area contributed by atoms with E-state index in [0.29, 0.717) is 36.7 Å². The molecule has 1 N–H and O–H groups in total. The number of hydrogen-bond donors (Lipinski definition) is 1. The molecule has 2 aromatic heterocycles. The second-order valence-corrected chi connectivity index (χ2v) is 17.8. The summed E-state index contributed by atoms with van der Waals surface area (Å²) in [7, 11) is 5.23. The zero-order valence-corrected chi connectivity index (χ0v) is 37.2. The molecule has 16 heteroatoms. The predicted molar refractivity (Wildman–Crippen MR) is 219 cm³/mol. The van der Waals surface area contributed by atoms with E-state index in [1.54, 1.807) is 58.1 Å². The van der Waals surface area contributed by atoms with Crippen molar-refractivity contribution in [2.45, 2.75) is 148 Å². The van der Waals surface area contributed by atoms with Gasteiger partial charge in [-0.15, -0.1) is 0 Å². The first-order chi connectivity index (χ1) is 27.8. The number of nitrogens with zero attached hydrogens (tertiary/aromatic N) is 5. The second kappa shape index (κ2) is 19.1. The van der Waals surface area contributed by atoms with E-state index in [1.165, 1.54) is 14.0 Å². The van der Waals surface area contributed by atoms with Crippen molar-refractivity contribution in [3.05, 3.63) is 36.0 Å². The lowest BCUT2D eigenvalue weighted by Crippen LogP contribution is -2.60. The summed E-state index contributed by atoms with van der Waals surface area (Å²) < 4.78 is 33.2. The summed E-state index contributed by atoms with van der Waals surface area (Å²) in [5.41, 5.74) is -1.27. The fraction of sp³-hybridized carbons (Fsp3) is 0.721. The lowest BCUT2D eigenvalue weighted by atomic mass is 9.73. The number of esters is 1. The minimum absolute atomic E-state index is 0.121. The Kier molecular flexibility index (Phi) is 15.1. The zero-order valence-electron chi connectivity index (χ0n) is 36.4. The number of unbranched alkanes of at least 4 members (excludes halogenated alkanes) is 1. The van der Waals surface area contributed by atoms with Crippen molar-refractivity contribution in [2.24, 2.45) is 23.7 Å². The third kappa shape index (κ3) is 9.70. The number of ether oxygens (including phenoxy) is 5. The van der Waals surface area contributed by atoms with Crippen molar-refractivity contribution in [1.29, 1.82) is 0 Å². The highest BCUT2D eigenvalue weighted by Crippen LogP contribution is 2.43. The van der Waals surface area contributed by atoms with Gasteiger partial charge in [0.25, 0.3) is 0 Å². The van der Waals surface area contributed by atoms with Gasteiger partial charge in [-0.25, -0.2) is 14.8 Å². The smallest absolute Gasteiger partial charge is 0.410 e. The molecular formula is C43H64ClN5O10. The number of halogens is 1. The van der Waals surface area contributed by atoms with Gasteiger partial charge < -0.3 is 43.2 Å². The summed E-state index contributed by atoms with van der Waals surface area (Å²) in [4.78, 5) is 69.0. The molecule has 3 aliphatic rings. The number of fused-ring (bicyclic) bond motifs is 1. The maximum atomic E-state index is 14.7. The predicted octanol–water partition coefficient (Wildman–Crippen LogP) is 5.58. The van der Waals surface area contributed by atoms with Gasteiger partial charge in [-0.1, -0.05) is 39.3 Å². The van der Waals surface area contributed by atoms with Crippen LogP contribution in [0, 0.1) is 23.7 Å². The molecule has 2 aromatic rings. The largest absolute Gasteiger partial charge is 0.458 e. The number of carbonyl (C=O) groups excluding carboxylic acids is 4. The maximum absolute atomic E-state index is 14.7. The Morgan fingerprint density at radius 1 is 1.02 bits per heavy atom. The van der Waals surface area contributed by atoms with Crippen LogP contribution in [0.1, 0.15) is 87.5 Å². The minimum atomic E-state index is -1.42. The number of amides is 1. The number of ketones is 2. The standard InChI is InChI=1S/C43H64ClN5O10/c1-12-32-43(8)36(49(41(54)59-43)19-14-13-18-48-22-30(46-23-48)29-16-15-17-45-38(29)44)26(4)33(50)24(2)21-42(7,55-11)37(27(5)34(51)28(6)39(53)57-32)58-40-35(52)31(47(9)10)20-25(3)56-40/h15-17,22-28,31-32,35-37,40,52H,12-14,18-21H2,1-11H3/t24-,25-,26+,27+,28-,31+,32-,35-,36-,37-,40+,42+,43-/m1/s1. The third-order valence-corrected chi connectivity index (χ3v) is 13.2. The summed E-state index contributed by atoms with van der Waals surface area (Å²) in [6, 6.07) is 2.56. The number of aliphatic hydroxyl groups excluding tert-OH is 1. The Labute approximate surface area is 353 Å². The molecule has 3 saturated heterocycles. The van der Waals surface area contributed by atoms with Gasteiger partial charge in [0.2, 0.25) is 0 Å². The quantitative estimate of drug-likeness (QED) is 0.129. The Hall–Kier alpha value is -3.47. The van der Waals surface area contributed by atoms with Gasteiger partial charge in [0.05, 0.1) is 35.9 Å². The number of aromatic nitrogens is 3. The molecule has 3 aliphatic heterocycles. The number of carbonyl (C=O) groups is 4. The van der Waals surface area contributed by atoms with Gasteiger partial charge in [-0.05, 0) is 86.0 Å². The van der Waals surface area contributed by atoms with Gasteiger partial charge in [0, 0.05) is 62.0 Å². The monoisotopic (exact) mass is 845 g/mol. The van der Waals surface area contributed by atoms with Gasteiger partial charge >= 0.3 is 12.1 Å². The molecular weight excluding hydrogens is 782 g/mol. The highest BCUT2D eigenvalue weighted by atomic mass is 35.5. The molecule has 328 valence electrons. The van der Waals surface area contributed by atoms with E-state index in [9.17, 15) is 24.3 Å². The summed E-state index contributed by atoms with van der Waals surface area (Å²) >= 11 is 6.28. The minimum Gasteiger partial charge on any atom is -0.458 e. The van der Waals surface area contributed by atoms with E-state index >= 15 is 0 Å². The molecule has 13 atom stereocenters. The van der Waals surface area contributed by atoms with Crippen LogP contribution in [-0.2, 0) is 44.6 Å². The summed E-state index contributed by atoms with van der Waals surface area (Å²) in [5, 5.41) is 11.8. The number of Topliss-reactive ketones (excluding diaryl/α,β-unsaturated/α-hetero) is 2. The van der Waals surface area contributed by atoms with Crippen molar-refractivity contribution in [1.82, 2.24) is 24.3 Å². The fourth-order valence-electron chi connectivity index (χ4n) is 9.48. The molecule has 0 unspecified atom stereocenters. The molecule has 0 saturated carbocycles. The first-order valence-corrected chi connectivity index (χ1v) is 21.3. The maximum Gasteiger partial charge on any atom is 0.410 e. The third-order valence-electron chi connectivity index (χ3n) is 12.9. The summed E-state index contributed by atoms with van der Waals surface area (Å²) in [6.45, 7) is 14.8. The molecule has 59 heavy (non-hydrogen) atoms. The van der Waals surface area contributed by atoms with Crippen molar-refractivity contribution in [2.75, 3.05) is 27.7 Å². The zero-order chi connectivity index (χ0) is 43.6. The number of imidazole rings is 1. The van der Waals surface area contributed by atoms with Crippen LogP contribution in [-0.4, -0.2) is 135 Å². The van der Waals surface area contributed by atoms with Crippen molar-refractivity contribution in [3.8, 4) is 11.3 Å². The van der Waals surface area contributed by atoms with Crippen LogP contribution in [0.15, 0.2) is 30.9 Å². The van der Waals surface area contributed by atoms with Crippen LogP contribution < -0.4 is 0 Å². The van der Waals surface area contributed by atoms with E-state index in [4.69, 9.17) is 35.3 Å². The van der Waals surface area contributed by atoms with Gasteiger partial charge in [-0.2, -0.15) is 0 Å². The van der Waals surface area contributed by atoms with E-state index < -0.39 is 83.4 Å². The first-order valence-electron chi connectivity index (χ1n) is 20.9. The number of rotatable bonds is 11. The van der Waals surface area contributed by atoms with Crippen LogP contribution in [0.5, 0.6) is 0 Å². The highest BCUT2D eigenvalue weighted by Gasteiger charge is 2.60. The number of aryl methyl sites for hydroxylation is 1. The lowest BCUT2D eigenvalue weighted by molar-refractivity contribution is -0.295. The summed E-state index contributed by atoms with van der Waals surface area (Å²) in [5.74, 6) is -5.02. The molecule has 5 heterocycles. The lowest BCUT2D eigenvalue weighted by Gasteiger charge is -2.47. The van der Waals surface area contributed by atoms with E-state index in [2.05, 4.69) is 9.97 Å². The first kappa shape index (κ1) is 46.6. The molecule has 5 rings (SSSR count). The molecule has 3 fully saturated rings. The van der Waals surface area contributed by atoms with Gasteiger partial charge in [0.15, 0.2) is 17.7 Å². The molecule has 15 nitrogen and oxygen atoms in total. The number of methoxy groups -OCH3 is 1. The Morgan fingerprint density at radius 2 is 1.71 bits per heavy atom. The van der Waals surface area contributed by atoms with Crippen molar-refractivity contribution in [3.63, 3.8) is 0 Å². The van der Waals surface area contributed by atoms with Crippen molar-refractivity contribution < 1.29 is 48.0 Å². The Balaban J connectivity index is 1.43. The number of likely N-dealkylation sites (N-methyl/N-ethyl adjacent to an activating group) is 1. The molecule has 0 radical (unpaired) electrons. The normalized spacial score (nSPS) is 36.3. The van der Waals surface area contributed by atoms with Gasteiger partial charge in [-0.3, -0.25) is 14.4 Å². The van der Waals surface area contributed by atoms with Crippen LogP contribution in [0.2, 0.25) is 5.15 Å². The van der Waals surface area contributed by atoms with E-state index in [0.717, 1.165) is 5.56 Å². The molecule has 0 spiro atoms. The molecule has 0 aromatic carbocycles. The molecule has 0 bridgehead atoms. The average molecular weight is 846 g/mol. The van der Waals surface area contributed by atoms with Crippen LogP contribution in [0.4, 0.5) is 4.79 Å². The Bertz CT molecular complexity index is 1810. The Morgan fingerprint density at radius 3 is 2.36 bits per heavy atom. The number of pyridine rings is 1. The molecule has 1 amide bonds. The topological polar surface area (TPSA) is 172 Å². The van der Waals surface area contributed by atoms with Crippen LogP contribution >= 0.6 is 11.6 Å². The van der Waals surface area contributed by atoms with Crippen molar-refractivity contribution >= 4 is 35.2 Å². The van der Waals surface area contributed by atoms with Crippen LogP contribution in [0.3, 0.4) is 0 Å². The van der Waals surface area contributed by atoms with E-state index in [-0.39, 0.29) is 37.3 Å². The fourth-order valence-corrected chi connectivity index (χ4v) is 9.70. The number of hydrogen-bond acceptors (Lipinski definition) is 13. The van der Waals surface area contributed by atoms with Gasteiger partial charge in [0.1, 0.15) is 29.1 Å². The second-order valence-electron chi connectivity index (χ2n) is 17.4. The van der Waals surface area contributed by atoms with E-state index in [1.807, 2.05) is 49.7 Å². The SMILES string of the molecule is CC[C@H]1OC(=O)[C@H](C)C(=O)[C@H](C)[C@@H](O[C@@H]2O[C@H](C)C[C@H](N(C)C)[C@H]2O)[C@@](C)(OC)C[C@@H](C)C(=O)[C@H](C)[C@H]2N(CCCCn3cnc(-c4cccnc4Cl)c3)C(=O)O[C@]12C. The molecule has 0 aliphatic carbocycles.